The van der Waals surface area contributed by atoms with E-state index in [4.69, 9.17) is 10.5 Å². The third-order valence-corrected chi connectivity index (χ3v) is 3.29. The Bertz CT molecular complexity index is 602. The number of fused-ring (bicyclic) bond motifs is 1. The summed E-state index contributed by atoms with van der Waals surface area (Å²) in [6, 6.07) is 16.3. The van der Waals surface area contributed by atoms with Gasteiger partial charge in [-0.05, 0) is 34.5 Å². The van der Waals surface area contributed by atoms with Crippen molar-refractivity contribution < 1.29 is 0 Å². The highest BCUT2D eigenvalue weighted by Crippen LogP contribution is 2.22. The summed E-state index contributed by atoms with van der Waals surface area (Å²) < 4.78 is 0. The van der Waals surface area contributed by atoms with E-state index in [0.717, 1.165) is 22.7 Å². The molecular weight excluding hydrogens is 228 g/mol. The molecule has 0 spiro atoms. The lowest BCUT2D eigenvalue weighted by Gasteiger charge is -2.08. The van der Waals surface area contributed by atoms with E-state index < -0.39 is 0 Å². The molecule has 2 aromatic rings. The van der Waals surface area contributed by atoms with E-state index in [1.54, 1.807) is 0 Å². The fourth-order valence-corrected chi connectivity index (χ4v) is 2.29. The lowest BCUT2D eigenvalue weighted by Crippen LogP contribution is -2.03. The molecule has 0 N–H and O–H groups in total. The fourth-order valence-electron chi connectivity index (χ4n) is 1.85. The van der Waals surface area contributed by atoms with Crippen LogP contribution in [0.15, 0.2) is 42.5 Å². The van der Waals surface area contributed by atoms with E-state index in [1.165, 1.54) is 5.39 Å². The van der Waals surface area contributed by atoms with Gasteiger partial charge in [0.1, 0.15) is 10.7 Å². The first-order valence-electron chi connectivity index (χ1n) is 5.26. The lowest BCUT2D eigenvalue weighted by molar-refractivity contribution is 1.04. The van der Waals surface area contributed by atoms with Gasteiger partial charge in [-0.3, -0.25) is 0 Å². The summed E-state index contributed by atoms with van der Waals surface area (Å²) in [5.41, 5.74) is 1.12. The average Bonchev–Trinajstić information content (AvgIpc) is 2.38. The molecule has 17 heavy (non-hydrogen) atoms. The maximum absolute atomic E-state index is 8.97. The minimum Gasteiger partial charge on any atom is -0.197 e. The molecule has 0 bridgehead atoms. The van der Waals surface area contributed by atoms with Crippen molar-refractivity contribution in [3.8, 4) is 11.5 Å². The van der Waals surface area contributed by atoms with Gasteiger partial charge in [-0.15, -0.1) is 0 Å². The van der Waals surface area contributed by atoms with Gasteiger partial charge in [0.25, 0.3) is 0 Å². The van der Waals surface area contributed by atoms with Gasteiger partial charge in [0.15, 0.2) is 0 Å². The molecule has 0 radical (unpaired) electrons. The number of hydrogen-bond acceptors (Lipinski definition) is 3. The minimum atomic E-state index is -0.300. The van der Waals surface area contributed by atoms with Crippen LogP contribution in [0.5, 0.6) is 0 Å². The van der Waals surface area contributed by atoms with Gasteiger partial charge in [-0.2, -0.15) is 10.5 Å². The van der Waals surface area contributed by atoms with Gasteiger partial charge in [0.05, 0.1) is 6.07 Å². The van der Waals surface area contributed by atoms with E-state index >= 15 is 0 Å². The number of thioether (sulfide) groups is 1. The van der Waals surface area contributed by atoms with Gasteiger partial charge in [0.2, 0.25) is 0 Å². The Morgan fingerprint density at radius 3 is 2.59 bits per heavy atom. The quantitative estimate of drug-likeness (QED) is 0.769. The molecule has 0 saturated heterocycles. The molecule has 0 heterocycles. The Kier molecular flexibility index (Phi) is 3.65. The Morgan fingerprint density at radius 1 is 1.06 bits per heavy atom. The van der Waals surface area contributed by atoms with Crippen LogP contribution < -0.4 is 0 Å². The Morgan fingerprint density at radius 2 is 1.82 bits per heavy atom. The van der Waals surface area contributed by atoms with Gasteiger partial charge >= 0.3 is 0 Å². The molecular formula is C14H10N2S. The van der Waals surface area contributed by atoms with Crippen LogP contribution in [0.1, 0.15) is 5.56 Å². The maximum Gasteiger partial charge on any atom is 0.134 e. The van der Waals surface area contributed by atoms with E-state index in [1.807, 2.05) is 29.7 Å². The molecule has 2 aromatic carbocycles. The first-order chi connectivity index (χ1) is 8.35. The van der Waals surface area contributed by atoms with Crippen LogP contribution in [-0.2, 0) is 6.42 Å². The average molecular weight is 238 g/mol. The second-order valence-corrected chi connectivity index (χ2v) is 4.66. The lowest BCUT2D eigenvalue weighted by atomic mass is 10.0. The molecule has 0 fully saturated rings. The van der Waals surface area contributed by atoms with Crippen molar-refractivity contribution in [2.45, 2.75) is 11.7 Å². The first-order valence-corrected chi connectivity index (χ1v) is 6.14. The molecule has 2 rings (SSSR count). The van der Waals surface area contributed by atoms with Crippen molar-refractivity contribution in [2.75, 3.05) is 0 Å². The Balaban J connectivity index is 2.37. The summed E-state index contributed by atoms with van der Waals surface area (Å²) >= 11 is 1.02. The summed E-state index contributed by atoms with van der Waals surface area (Å²) in [7, 11) is 0. The molecule has 2 nitrogen and oxygen atoms in total. The van der Waals surface area contributed by atoms with E-state index in [-0.39, 0.29) is 5.25 Å². The number of hydrogen-bond donors (Lipinski definition) is 0. The van der Waals surface area contributed by atoms with Crippen LogP contribution in [0.25, 0.3) is 10.8 Å². The number of rotatable bonds is 3. The molecule has 82 valence electrons. The van der Waals surface area contributed by atoms with Crippen LogP contribution in [0.4, 0.5) is 0 Å². The largest absolute Gasteiger partial charge is 0.197 e. The van der Waals surface area contributed by atoms with Gasteiger partial charge in [-0.25, -0.2) is 0 Å². The summed E-state index contributed by atoms with van der Waals surface area (Å²) in [6.45, 7) is 0. The summed E-state index contributed by atoms with van der Waals surface area (Å²) in [4.78, 5) is 0. The van der Waals surface area contributed by atoms with Crippen molar-refractivity contribution in [1.82, 2.24) is 0 Å². The zero-order valence-corrected chi connectivity index (χ0v) is 9.95. The number of nitrogens with zero attached hydrogens (tertiary/aromatic N) is 2. The topological polar surface area (TPSA) is 47.6 Å². The zero-order valence-electron chi connectivity index (χ0n) is 9.13. The van der Waals surface area contributed by atoms with Crippen molar-refractivity contribution in [3.05, 3.63) is 48.0 Å². The molecule has 0 amide bonds. The third-order valence-electron chi connectivity index (χ3n) is 2.62. The normalized spacial score (nSPS) is 11.6. The summed E-state index contributed by atoms with van der Waals surface area (Å²) in [6.07, 6.45) is 0.607. The predicted molar refractivity (Wildman–Crippen MR) is 70.3 cm³/mol. The van der Waals surface area contributed by atoms with Crippen molar-refractivity contribution >= 4 is 22.5 Å². The summed E-state index contributed by atoms with van der Waals surface area (Å²) in [5.74, 6) is 0. The van der Waals surface area contributed by atoms with Crippen LogP contribution in [0.3, 0.4) is 0 Å². The monoisotopic (exact) mass is 238 g/mol. The standard InChI is InChI=1S/C14H10N2S/c15-9-13(17-10-16)8-12-6-3-5-11-4-1-2-7-14(11)12/h1-7,13H,8H2. The predicted octanol–water partition coefficient (Wildman–Crippen LogP) is 3.49. The van der Waals surface area contributed by atoms with Crippen molar-refractivity contribution in [1.29, 1.82) is 10.5 Å². The number of benzene rings is 2. The van der Waals surface area contributed by atoms with E-state index in [2.05, 4.69) is 24.3 Å². The first kappa shape index (κ1) is 11.5. The smallest absolute Gasteiger partial charge is 0.134 e. The second kappa shape index (κ2) is 5.39. The Hall–Kier alpha value is -1.97. The SMILES string of the molecule is N#CSC(C#N)Cc1cccc2ccccc12. The fraction of sp³-hybridized carbons (Fsp3) is 0.143. The maximum atomic E-state index is 8.97. The van der Waals surface area contributed by atoms with E-state index in [0.29, 0.717) is 6.42 Å². The van der Waals surface area contributed by atoms with Gasteiger partial charge < -0.3 is 0 Å². The number of thiocyanates is 1. The third kappa shape index (κ3) is 2.58. The van der Waals surface area contributed by atoms with Gasteiger partial charge in [0, 0.05) is 0 Å². The number of nitriles is 2. The molecule has 0 aromatic heterocycles. The molecule has 0 aliphatic rings. The highest BCUT2D eigenvalue weighted by Gasteiger charge is 2.10. The highest BCUT2D eigenvalue weighted by molar-refractivity contribution is 8.04. The van der Waals surface area contributed by atoms with E-state index in [9.17, 15) is 0 Å². The van der Waals surface area contributed by atoms with Gasteiger partial charge in [-0.1, -0.05) is 42.5 Å². The Labute approximate surface area is 104 Å². The molecule has 0 aliphatic carbocycles. The molecule has 3 heteroatoms. The van der Waals surface area contributed by atoms with Crippen molar-refractivity contribution in [2.24, 2.45) is 0 Å². The van der Waals surface area contributed by atoms with Crippen LogP contribution in [0.2, 0.25) is 0 Å². The second-order valence-electron chi connectivity index (χ2n) is 3.67. The zero-order chi connectivity index (χ0) is 12.1. The van der Waals surface area contributed by atoms with Crippen LogP contribution >= 0.6 is 11.8 Å². The van der Waals surface area contributed by atoms with Crippen LogP contribution in [0, 0.1) is 22.0 Å². The molecule has 0 aliphatic heterocycles. The molecule has 0 saturated carbocycles. The summed E-state index contributed by atoms with van der Waals surface area (Å²) in [5, 5.41) is 21.6. The van der Waals surface area contributed by atoms with Crippen LogP contribution in [-0.4, -0.2) is 5.25 Å². The molecule has 1 unspecified atom stereocenters. The van der Waals surface area contributed by atoms with Crippen molar-refractivity contribution in [3.63, 3.8) is 0 Å². The molecule has 1 atom stereocenters. The minimum absolute atomic E-state index is 0.300. The highest BCUT2D eigenvalue weighted by atomic mass is 32.2.